The van der Waals surface area contributed by atoms with Gasteiger partial charge < -0.3 is 5.32 Å². The minimum Gasteiger partial charge on any atom is -0.374 e. The Bertz CT molecular complexity index is 413. The molecule has 2 amide bonds. The summed E-state index contributed by atoms with van der Waals surface area (Å²) in [7, 11) is 0. The van der Waals surface area contributed by atoms with Crippen LogP contribution in [0.3, 0.4) is 0 Å². The van der Waals surface area contributed by atoms with Gasteiger partial charge in [0.15, 0.2) is 0 Å². The van der Waals surface area contributed by atoms with Crippen molar-refractivity contribution in [3.05, 3.63) is 29.8 Å². The molecule has 2 rings (SSSR count). The number of carbonyl (C=O) groups is 2. The fourth-order valence-corrected chi connectivity index (χ4v) is 1.68. The standard InChI is InChI=1S/C12H14N2O2.2C2H6/c1-8-2-4-9(5-3-8)13-10-6-7-11(15)14-12(10)16;2*1-2/h2-5,10,13H,6-7H2,1H3,(H,14,15,16);2*1-2H3. The average Bonchev–Trinajstić information content (AvgIpc) is 2.48. The first kappa shape index (κ1) is 18.2. The zero-order chi connectivity index (χ0) is 15.5. The van der Waals surface area contributed by atoms with Crippen LogP contribution in [0.25, 0.3) is 0 Å². The van der Waals surface area contributed by atoms with Crippen molar-refractivity contribution >= 4 is 17.5 Å². The van der Waals surface area contributed by atoms with Crippen LogP contribution in [-0.4, -0.2) is 17.9 Å². The molecule has 4 nitrogen and oxygen atoms in total. The second-order valence-corrected chi connectivity index (χ2v) is 4.01. The lowest BCUT2D eigenvalue weighted by molar-refractivity contribution is -0.133. The lowest BCUT2D eigenvalue weighted by Gasteiger charge is -2.22. The van der Waals surface area contributed by atoms with Crippen molar-refractivity contribution in [3.63, 3.8) is 0 Å². The molecule has 1 aromatic carbocycles. The van der Waals surface area contributed by atoms with E-state index in [1.165, 1.54) is 5.56 Å². The van der Waals surface area contributed by atoms with Crippen LogP contribution in [0.15, 0.2) is 24.3 Å². The van der Waals surface area contributed by atoms with Gasteiger partial charge in [0.05, 0.1) is 0 Å². The zero-order valence-electron chi connectivity index (χ0n) is 13.1. The molecule has 1 aliphatic heterocycles. The van der Waals surface area contributed by atoms with Gasteiger partial charge in [-0.15, -0.1) is 0 Å². The highest BCUT2D eigenvalue weighted by Gasteiger charge is 2.25. The molecule has 1 atom stereocenters. The summed E-state index contributed by atoms with van der Waals surface area (Å²) in [5.74, 6) is -0.427. The number of amides is 2. The van der Waals surface area contributed by atoms with Gasteiger partial charge in [0, 0.05) is 12.1 Å². The molecule has 0 radical (unpaired) electrons. The zero-order valence-corrected chi connectivity index (χ0v) is 13.1. The van der Waals surface area contributed by atoms with E-state index in [0.717, 1.165) is 5.69 Å². The molecule has 0 aromatic heterocycles. The highest BCUT2D eigenvalue weighted by Crippen LogP contribution is 2.14. The molecule has 1 unspecified atom stereocenters. The molecular weight excluding hydrogens is 252 g/mol. The van der Waals surface area contributed by atoms with Crippen molar-refractivity contribution in [3.8, 4) is 0 Å². The topological polar surface area (TPSA) is 58.2 Å². The fourth-order valence-electron chi connectivity index (χ4n) is 1.68. The number of aryl methyl sites for hydroxylation is 1. The van der Waals surface area contributed by atoms with Crippen LogP contribution in [0.1, 0.15) is 46.1 Å². The number of hydrogen-bond donors (Lipinski definition) is 2. The molecule has 0 spiro atoms. The number of rotatable bonds is 2. The Kier molecular flexibility index (Phi) is 9.09. The second-order valence-electron chi connectivity index (χ2n) is 4.01. The summed E-state index contributed by atoms with van der Waals surface area (Å²) < 4.78 is 0. The third kappa shape index (κ3) is 5.87. The van der Waals surface area contributed by atoms with Gasteiger partial charge in [-0.25, -0.2) is 0 Å². The molecule has 4 heteroatoms. The second kappa shape index (κ2) is 10.0. The summed E-state index contributed by atoms with van der Waals surface area (Å²) >= 11 is 0. The lowest BCUT2D eigenvalue weighted by atomic mass is 10.1. The number of piperidine rings is 1. The van der Waals surface area contributed by atoms with E-state index in [1.807, 2.05) is 58.9 Å². The van der Waals surface area contributed by atoms with E-state index < -0.39 is 0 Å². The highest BCUT2D eigenvalue weighted by molar-refractivity contribution is 6.01. The van der Waals surface area contributed by atoms with Crippen molar-refractivity contribution in [2.24, 2.45) is 0 Å². The smallest absolute Gasteiger partial charge is 0.249 e. The van der Waals surface area contributed by atoms with E-state index in [-0.39, 0.29) is 17.9 Å². The first-order valence-corrected chi connectivity index (χ1v) is 7.32. The quantitative estimate of drug-likeness (QED) is 0.816. The fraction of sp³-hybridized carbons (Fsp3) is 0.500. The van der Waals surface area contributed by atoms with Crippen molar-refractivity contribution < 1.29 is 9.59 Å². The molecular formula is C16H26N2O2. The molecule has 0 bridgehead atoms. The Labute approximate surface area is 122 Å². The minimum absolute atomic E-state index is 0.188. The Hall–Kier alpha value is -1.84. The van der Waals surface area contributed by atoms with E-state index >= 15 is 0 Å². The largest absolute Gasteiger partial charge is 0.374 e. The summed E-state index contributed by atoms with van der Waals surface area (Å²) in [5.41, 5.74) is 2.08. The van der Waals surface area contributed by atoms with Gasteiger partial charge in [-0.2, -0.15) is 0 Å². The average molecular weight is 278 g/mol. The van der Waals surface area contributed by atoms with Crippen LogP contribution >= 0.6 is 0 Å². The van der Waals surface area contributed by atoms with Gasteiger partial charge in [0.2, 0.25) is 11.8 Å². The predicted octanol–water partition coefficient (Wildman–Crippen LogP) is 3.26. The van der Waals surface area contributed by atoms with Crippen LogP contribution in [-0.2, 0) is 9.59 Å². The molecule has 1 saturated heterocycles. The van der Waals surface area contributed by atoms with Gasteiger partial charge >= 0.3 is 0 Å². The SMILES string of the molecule is CC.CC.Cc1ccc(NC2CCC(=O)NC2=O)cc1. The molecule has 1 aromatic rings. The molecule has 1 heterocycles. The Morgan fingerprint density at radius 1 is 1.05 bits per heavy atom. The third-order valence-corrected chi connectivity index (χ3v) is 2.63. The van der Waals surface area contributed by atoms with E-state index in [1.54, 1.807) is 0 Å². The first-order valence-electron chi connectivity index (χ1n) is 7.32. The molecule has 112 valence electrons. The Morgan fingerprint density at radius 2 is 1.60 bits per heavy atom. The predicted molar refractivity (Wildman–Crippen MR) is 83.7 cm³/mol. The summed E-state index contributed by atoms with van der Waals surface area (Å²) in [6, 6.07) is 7.51. The third-order valence-electron chi connectivity index (χ3n) is 2.63. The van der Waals surface area contributed by atoms with Crippen LogP contribution in [0.5, 0.6) is 0 Å². The van der Waals surface area contributed by atoms with Gasteiger partial charge in [-0.3, -0.25) is 14.9 Å². The van der Waals surface area contributed by atoms with E-state index in [9.17, 15) is 9.59 Å². The van der Waals surface area contributed by atoms with Crippen LogP contribution in [0.2, 0.25) is 0 Å². The number of carbonyl (C=O) groups excluding carboxylic acids is 2. The van der Waals surface area contributed by atoms with Crippen molar-refractivity contribution in [2.75, 3.05) is 5.32 Å². The molecule has 1 fully saturated rings. The van der Waals surface area contributed by atoms with Crippen molar-refractivity contribution in [1.82, 2.24) is 5.32 Å². The first-order chi connectivity index (χ1) is 9.65. The number of benzene rings is 1. The maximum atomic E-state index is 11.5. The molecule has 20 heavy (non-hydrogen) atoms. The summed E-state index contributed by atoms with van der Waals surface area (Å²) in [5, 5.41) is 5.43. The molecule has 2 N–H and O–H groups in total. The maximum Gasteiger partial charge on any atom is 0.249 e. The molecule has 1 aliphatic rings. The van der Waals surface area contributed by atoms with E-state index in [2.05, 4.69) is 10.6 Å². The molecule has 0 aliphatic carbocycles. The van der Waals surface area contributed by atoms with Gasteiger partial charge in [-0.1, -0.05) is 45.4 Å². The van der Waals surface area contributed by atoms with Gasteiger partial charge in [0.1, 0.15) is 6.04 Å². The minimum atomic E-state index is -0.305. The Balaban J connectivity index is 0.000000829. The van der Waals surface area contributed by atoms with Crippen molar-refractivity contribution in [2.45, 2.75) is 53.5 Å². The highest BCUT2D eigenvalue weighted by atomic mass is 16.2. The van der Waals surface area contributed by atoms with Gasteiger partial charge in [-0.05, 0) is 25.5 Å². The number of anilines is 1. The van der Waals surface area contributed by atoms with E-state index in [0.29, 0.717) is 12.8 Å². The van der Waals surface area contributed by atoms with Crippen LogP contribution in [0, 0.1) is 6.92 Å². The number of nitrogens with one attached hydrogen (secondary N) is 2. The number of imide groups is 1. The maximum absolute atomic E-state index is 11.5. The lowest BCUT2D eigenvalue weighted by Crippen LogP contribution is -2.47. The van der Waals surface area contributed by atoms with Crippen molar-refractivity contribution in [1.29, 1.82) is 0 Å². The summed E-state index contributed by atoms with van der Waals surface area (Å²) in [4.78, 5) is 22.4. The molecule has 0 saturated carbocycles. The Morgan fingerprint density at radius 3 is 2.10 bits per heavy atom. The number of hydrogen-bond acceptors (Lipinski definition) is 3. The van der Waals surface area contributed by atoms with Gasteiger partial charge in [0.25, 0.3) is 0 Å². The van der Waals surface area contributed by atoms with Crippen LogP contribution in [0.4, 0.5) is 5.69 Å². The monoisotopic (exact) mass is 278 g/mol. The summed E-state index contributed by atoms with van der Waals surface area (Å²) in [6.07, 6.45) is 0.952. The summed E-state index contributed by atoms with van der Waals surface area (Å²) in [6.45, 7) is 10.0. The normalized spacial score (nSPS) is 16.9. The van der Waals surface area contributed by atoms with E-state index in [4.69, 9.17) is 0 Å². The van der Waals surface area contributed by atoms with Crippen LogP contribution < -0.4 is 10.6 Å².